The smallest absolute Gasteiger partial charge is 0.341 e. The van der Waals surface area contributed by atoms with E-state index in [-0.39, 0.29) is 22.6 Å². The van der Waals surface area contributed by atoms with E-state index < -0.39 is 11.4 Å². The van der Waals surface area contributed by atoms with E-state index in [1.165, 1.54) is 17.8 Å². The Bertz CT molecular complexity index is 1370. The molecule has 2 aliphatic rings. The fourth-order valence-corrected chi connectivity index (χ4v) is 5.21. The van der Waals surface area contributed by atoms with Gasteiger partial charge in [-0.05, 0) is 43.4 Å². The fourth-order valence-electron chi connectivity index (χ4n) is 5.21. The normalized spacial score (nSPS) is 18.3. The molecule has 4 heterocycles. The van der Waals surface area contributed by atoms with Crippen molar-refractivity contribution in [3.05, 3.63) is 57.5 Å². The van der Waals surface area contributed by atoms with Crippen molar-refractivity contribution in [1.82, 2.24) is 14.3 Å². The number of nitrogens with zero attached hydrogens (tertiary/aromatic N) is 3. The minimum Gasteiger partial charge on any atom is -0.487 e. The van der Waals surface area contributed by atoms with Crippen LogP contribution in [0.3, 0.4) is 0 Å². The number of aryl methyl sites for hydroxylation is 1. The summed E-state index contributed by atoms with van der Waals surface area (Å²) in [5, 5.41) is 14.2. The molecule has 0 radical (unpaired) electrons. The Morgan fingerprint density at radius 1 is 1.21 bits per heavy atom. The van der Waals surface area contributed by atoms with Crippen LogP contribution in [0.15, 0.2) is 35.4 Å². The number of hydrogen-bond donors (Lipinski definition) is 1. The molecule has 0 fully saturated rings. The number of pyridine rings is 1. The molecular formula is C26H29N3O4. The average molecular weight is 448 g/mol. The second kappa shape index (κ2) is 6.83. The average Bonchev–Trinajstić information content (AvgIpc) is 3.27. The highest BCUT2D eigenvalue weighted by Gasteiger charge is 2.40. The Balaban J connectivity index is 1.85. The Morgan fingerprint density at radius 2 is 1.94 bits per heavy atom. The zero-order valence-corrected chi connectivity index (χ0v) is 19.9. The van der Waals surface area contributed by atoms with Gasteiger partial charge in [0.25, 0.3) is 0 Å². The summed E-state index contributed by atoms with van der Waals surface area (Å²) in [7, 11) is 1.88. The number of aromatic nitrogens is 3. The van der Waals surface area contributed by atoms with Crippen LogP contribution in [0.25, 0.3) is 22.5 Å². The lowest BCUT2D eigenvalue weighted by atomic mass is 9.76. The van der Waals surface area contributed by atoms with Crippen molar-refractivity contribution in [2.75, 3.05) is 0 Å². The van der Waals surface area contributed by atoms with Gasteiger partial charge in [-0.1, -0.05) is 20.8 Å². The van der Waals surface area contributed by atoms with Crippen molar-refractivity contribution in [1.29, 1.82) is 0 Å². The molecule has 0 saturated carbocycles. The van der Waals surface area contributed by atoms with Crippen molar-refractivity contribution in [2.24, 2.45) is 12.5 Å². The Kier molecular flexibility index (Phi) is 4.45. The number of rotatable bonds is 2. The SMILES string of the molecule is Cn1ccc(-c2cc3c(c4c2OC(C)(C)C4)C[C@@H](C(C)(C)C)n2cc(C(=O)O)c(=O)cc2-3)n1. The maximum atomic E-state index is 12.8. The number of aromatic carboxylic acids is 1. The summed E-state index contributed by atoms with van der Waals surface area (Å²) < 4.78 is 10.2. The number of carbonyl (C=O) groups is 1. The van der Waals surface area contributed by atoms with Gasteiger partial charge in [0, 0.05) is 54.7 Å². The van der Waals surface area contributed by atoms with E-state index in [9.17, 15) is 14.7 Å². The summed E-state index contributed by atoms with van der Waals surface area (Å²) in [6, 6.07) is 5.49. The quantitative estimate of drug-likeness (QED) is 0.626. The molecular weight excluding hydrogens is 418 g/mol. The third-order valence-electron chi connectivity index (χ3n) is 6.79. The van der Waals surface area contributed by atoms with Crippen LogP contribution in [0.1, 0.15) is 62.1 Å². The van der Waals surface area contributed by atoms with E-state index in [1.807, 2.05) is 23.9 Å². The maximum Gasteiger partial charge on any atom is 0.341 e. The second-order valence-corrected chi connectivity index (χ2v) is 10.9. The third kappa shape index (κ3) is 3.37. The number of carboxylic acid groups (broad SMARTS) is 1. The van der Waals surface area contributed by atoms with Crippen LogP contribution in [0.2, 0.25) is 0 Å². The van der Waals surface area contributed by atoms with E-state index in [0.717, 1.165) is 46.7 Å². The van der Waals surface area contributed by atoms with E-state index in [4.69, 9.17) is 4.74 Å². The molecule has 1 N–H and O–H groups in total. The van der Waals surface area contributed by atoms with Gasteiger partial charge in [-0.2, -0.15) is 5.10 Å². The minimum atomic E-state index is -1.20. The molecule has 0 unspecified atom stereocenters. The molecule has 0 bridgehead atoms. The molecule has 1 aromatic carbocycles. The molecule has 5 rings (SSSR count). The number of carboxylic acids is 1. The number of ether oxygens (including phenoxy) is 1. The third-order valence-corrected chi connectivity index (χ3v) is 6.79. The standard InChI is InChI=1S/C26H29N3O4/c1-25(2,3)22-10-14-15(20-11-21(30)18(24(31)32)13-29(20)22)9-16(19-7-8-28(6)27-19)23-17(14)12-26(4,5)33-23/h7-9,11,13,22H,10,12H2,1-6H3,(H,31,32)/t22-/m0/s1. The Labute approximate surface area is 192 Å². The molecule has 0 aliphatic carbocycles. The first-order chi connectivity index (χ1) is 15.4. The van der Waals surface area contributed by atoms with Crippen LogP contribution in [0, 0.1) is 5.41 Å². The summed E-state index contributed by atoms with van der Waals surface area (Å²) >= 11 is 0. The first kappa shape index (κ1) is 21.5. The van der Waals surface area contributed by atoms with Crippen LogP contribution < -0.4 is 10.2 Å². The molecule has 7 heteroatoms. The number of fused-ring (bicyclic) bond motifs is 5. The van der Waals surface area contributed by atoms with Crippen LogP contribution in [0.4, 0.5) is 0 Å². The van der Waals surface area contributed by atoms with Crippen molar-refractivity contribution in [2.45, 2.75) is 59.1 Å². The Hall–Kier alpha value is -3.35. The molecule has 0 spiro atoms. The second-order valence-electron chi connectivity index (χ2n) is 10.9. The van der Waals surface area contributed by atoms with Crippen LogP contribution in [-0.4, -0.2) is 31.0 Å². The molecule has 0 amide bonds. The highest BCUT2D eigenvalue weighted by atomic mass is 16.5. The van der Waals surface area contributed by atoms with Gasteiger partial charge in [-0.25, -0.2) is 4.79 Å². The highest BCUT2D eigenvalue weighted by molar-refractivity contribution is 5.88. The summed E-state index contributed by atoms with van der Waals surface area (Å²) in [5.74, 6) is -0.338. The number of benzene rings is 1. The van der Waals surface area contributed by atoms with E-state index in [2.05, 4.69) is 45.8 Å². The zero-order valence-electron chi connectivity index (χ0n) is 19.9. The van der Waals surface area contributed by atoms with Gasteiger partial charge in [0.1, 0.15) is 16.9 Å². The summed E-state index contributed by atoms with van der Waals surface area (Å²) in [5.41, 5.74) is 4.56. The molecule has 3 aromatic rings. The molecule has 7 nitrogen and oxygen atoms in total. The van der Waals surface area contributed by atoms with E-state index >= 15 is 0 Å². The lowest BCUT2D eigenvalue weighted by Crippen LogP contribution is -2.33. The molecule has 2 aliphatic heterocycles. The lowest BCUT2D eigenvalue weighted by molar-refractivity contribution is 0.0693. The molecule has 33 heavy (non-hydrogen) atoms. The molecule has 2 aromatic heterocycles. The predicted molar refractivity (Wildman–Crippen MR) is 126 cm³/mol. The van der Waals surface area contributed by atoms with Crippen molar-refractivity contribution >= 4 is 5.97 Å². The zero-order chi connectivity index (χ0) is 23.9. The van der Waals surface area contributed by atoms with Crippen LogP contribution >= 0.6 is 0 Å². The molecule has 0 saturated heterocycles. The van der Waals surface area contributed by atoms with Gasteiger partial charge in [0.2, 0.25) is 0 Å². The molecule has 1 atom stereocenters. The first-order valence-corrected chi connectivity index (χ1v) is 11.2. The van der Waals surface area contributed by atoms with E-state index in [0.29, 0.717) is 0 Å². The minimum absolute atomic E-state index is 0.00721. The van der Waals surface area contributed by atoms with Crippen molar-refractivity contribution in [3.63, 3.8) is 0 Å². The summed E-state index contributed by atoms with van der Waals surface area (Å²) in [6.45, 7) is 10.6. The van der Waals surface area contributed by atoms with Gasteiger partial charge in [0.05, 0.1) is 11.4 Å². The van der Waals surface area contributed by atoms with Gasteiger partial charge in [0.15, 0.2) is 5.43 Å². The first-order valence-electron chi connectivity index (χ1n) is 11.2. The predicted octanol–water partition coefficient (Wildman–Crippen LogP) is 4.47. The van der Waals surface area contributed by atoms with Gasteiger partial charge < -0.3 is 14.4 Å². The largest absolute Gasteiger partial charge is 0.487 e. The Morgan fingerprint density at radius 3 is 2.55 bits per heavy atom. The van der Waals surface area contributed by atoms with Crippen LogP contribution in [0.5, 0.6) is 5.75 Å². The van der Waals surface area contributed by atoms with Gasteiger partial charge in [-0.3, -0.25) is 9.48 Å². The highest BCUT2D eigenvalue weighted by Crippen LogP contribution is 2.51. The van der Waals surface area contributed by atoms with Crippen LogP contribution in [-0.2, 0) is 19.9 Å². The monoisotopic (exact) mass is 447 g/mol. The maximum absolute atomic E-state index is 12.8. The fraction of sp³-hybridized carbons (Fsp3) is 0.423. The lowest BCUT2D eigenvalue weighted by Gasteiger charge is -2.39. The van der Waals surface area contributed by atoms with Crippen molar-refractivity contribution < 1.29 is 14.6 Å². The van der Waals surface area contributed by atoms with Gasteiger partial charge >= 0.3 is 5.97 Å². The van der Waals surface area contributed by atoms with E-state index in [1.54, 1.807) is 4.68 Å². The summed E-state index contributed by atoms with van der Waals surface area (Å²) in [4.78, 5) is 24.5. The van der Waals surface area contributed by atoms with Crippen molar-refractivity contribution in [3.8, 4) is 28.3 Å². The number of hydrogen-bond acceptors (Lipinski definition) is 4. The molecule has 172 valence electrons. The van der Waals surface area contributed by atoms with Gasteiger partial charge in [-0.15, -0.1) is 0 Å². The topological polar surface area (TPSA) is 86.4 Å². The summed E-state index contributed by atoms with van der Waals surface area (Å²) in [6.07, 6.45) is 4.92.